The fraction of sp³-hybridized carbons (Fsp3) is 0.440. The van der Waals surface area contributed by atoms with Crippen LogP contribution in [0.15, 0.2) is 36.4 Å². The van der Waals surface area contributed by atoms with E-state index in [0.717, 1.165) is 30.1 Å². The molecule has 4 atom stereocenters. The first-order valence-corrected chi connectivity index (χ1v) is 11.2. The van der Waals surface area contributed by atoms with Crippen molar-refractivity contribution in [1.82, 2.24) is 5.32 Å². The van der Waals surface area contributed by atoms with Crippen LogP contribution in [-0.4, -0.2) is 51.7 Å². The molecule has 7 heteroatoms. The van der Waals surface area contributed by atoms with Crippen LogP contribution in [-0.2, 0) is 4.74 Å². The van der Waals surface area contributed by atoms with Crippen molar-refractivity contribution in [2.75, 3.05) is 40.0 Å². The van der Waals surface area contributed by atoms with Crippen LogP contribution in [0.2, 0.25) is 0 Å². The molecule has 2 aromatic rings. The van der Waals surface area contributed by atoms with E-state index < -0.39 is 0 Å². The monoisotopic (exact) mass is 436 g/mol. The van der Waals surface area contributed by atoms with Crippen molar-refractivity contribution in [3.8, 4) is 11.5 Å². The molecular weight excluding hydrogens is 408 g/mol. The predicted molar refractivity (Wildman–Crippen MR) is 118 cm³/mol. The van der Waals surface area contributed by atoms with Crippen molar-refractivity contribution in [1.29, 1.82) is 0 Å². The Morgan fingerprint density at radius 2 is 1.88 bits per heavy atom. The summed E-state index contributed by atoms with van der Waals surface area (Å²) in [5, 5.41) is 2.67. The van der Waals surface area contributed by atoms with Crippen LogP contribution in [0.25, 0.3) is 0 Å². The number of ether oxygens (including phenoxy) is 3. The van der Waals surface area contributed by atoms with E-state index >= 15 is 0 Å². The predicted octanol–water partition coefficient (Wildman–Crippen LogP) is 2.37. The van der Waals surface area contributed by atoms with Gasteiger partial charge in [-0.1, -0.05) is 12.1 Å². The number of nitrogens with one attached hydrogen (secondary N) is 1. The molecule has 0 aromatic heterocycles. The number of ketones is 1. The van der Waals surface area contributed by atoms with E-state index in [1.54, 1.807) is 13.1 Å². The number of rotatable bonds is 8. The van der Waals surface area contributed by atoms with Gasteiger partial charge in [-0.2, -0.15) is 0 Å². The van der Waals surface area contributed by atoms with Crippen molar-refractivity contribution in [2.24, 2.45) is 23.5 Å². The van der Waals surface area contributed by atoms with Crippen molar-refractivity contribution < 1.29 is 23.8 Å². The minimum absolute atomic E-state index is 0.0570. The topological polar surface area (TPSA) is 99.9 Å². The molecule has 0 radical (unpaired) electrons. The zero-order valence-corrected chi connectivity index (χ0v) is 18.1. The van der Waals surface area contributed by atoms with Gasteiger partial charge in [0, 0.05) is 37.1 Å². The summed E-state index contributed by atoms with van der Waals surface area (Å²) in [6, 6.07) is 11.4. The first-order chi connectivity index (χ1) is 15.6. The average Bonchev–Trinajstić information content (AvgIpc) is 3.18. The highest BCUT2D eigenvalue weighted by molar-refractivity contribution is 6.03. The van der Waals surface area contributed by atoms with Gasteiger partial charge in [0.25, 0.3) is 5.91 Å². The summed E-state index contributed by atoms with van der Waals surface area (Å²) in [4.78, 5) is 25.7. The van der Waals surface area contributed by atoms with Crippen LogP contribution < -0.4 is 20.5 Å². The molecule has 2 fully saturated rings. The zero-order chi connectivity index (χ0) is 22.2. The highest BCUT2D eigenvalue weighted by Crippen LogP contribution is 2.53. The van der Waals surface area contributed by atoms with Crippen LogP contribution in [0, 0.1) is 17.8 Å². The maximum Gasteiger partial charge on any atom is 0.254 e. The van der Waals surface area contributed by atoms with Crippen molar-refractivity contribution in [3.63, 3.8) is 0 Å². The van der Waals surface area contributed by atoms with Crippen molar-refractivity contribution >= 4 is 11.7 Å². The summed E-state index contributed by atoms with van der Waals surface area (Å²) in [5.41, 5.74) is 8.42. The van der Waals surface area contributed by atoms with Gasteiger partial charge < -0.3 is 25.3 Å². The van der Waals surface area contributed by atoms with Gasteiger partial charge in [0.1, 0.15) is 18.1 Å². The normalized spacial score (nSPS) is 24.9. The maximum absolute atomic E-state index is 13.1. The maximum atomic E-state index is 13.1. The number of benzene rings is 2. The molecule has 2 heterocycles. The molecule has 32 heavy (non-hydrogen) atoms. The standard InChI is InChI=1S/C25H28N2O5/c1-27-25(29)19-9-15(23(28)10-17-21-11-30-12-22(17)21)8-18-20(13-32-24(18)19)14-2-4-16(5-3-14)31-7-6-26/h2-5,8-9,17,20-22H,6-7,10-13,26H2,1H3,(H,27,29)/t17?,20?,21-,22+. The molecule has 168 valence electrons. The second-order valence-electron chi connectivity index (χ2n) is 8.75. The molecule has 3 aliphatic rings. The molecule has 2 aliphatic heterocycles. The molecule has 3 N–H and O–H groups in total. The van der Waals surface area contributed by atoms with Gasteiger partial charge in [0.15, 0.2) is 5.78 Å². The van der Waals surface area contributed by atoms with Crippen LogP contribution >= 0.6 is 0 Å². The van der Waals surface area contributed by atoms with Gasteiger partial charge in [-0.05, 0) is 47.6 Å². The van der Waals surface area contributed by atoms with E-state index in [0.29, 0.717) is 60.8 Å². The number of nitrogens with two attached hydrogens (primary N) is 1. The number of carbonyl (C=O) groups excluding carboxylic acids is 2. The highest BCUT2D eigenvalue weighted by atomic mass is 16.5. The van der Waals surface area contributed by atoms with Gasteiger partial charge in [-0.15, -0.1) is 0 Å². The summed E-state index contributed by atoms with van der Waals surface area (Å²) in [6.45, 7) is 2.86. The summed E-state index contributed by atoms with van der Waals surface area (Å²) in [5.74, 6) is 2.52. The van der Waals surface area contributed by atoms with Crippen LogP contribution in [0.1, 0.15) is 44.2 Å². The molecule has 1 saturated carbocycles. The molecule has 1 saturated heterocycles. The van der Waals surface area contributed by atoms with E-state index in [4.69, 9.17) is 19.9 Å². The highest BCUT2D eigenvalue weighted by Gasteiger charge is 2.54. The van der Waals surface area contributed by atoms with E-state index in [9.17, 15) is 9.59 Å². The Morgan fingerprint density at radius 1 is 1.12 bits per heavy atom. The lowest BCUT2D eigenvalue weighted by molar-refractivity contribution is 0.0950. The number of hydrogen-bond acceptors (Lipinski definition) is 6. The lowest BCUT2D eigenvalue weighted by Crippen LogP contribution is -2.19. The summed E-state index contributed by atoms with van der Waals surface area (Å²) >= 11 is 0. The third-order valence-electron chi connectivity index (χ3n) is 6.90. The molecule has 5 rings (SSSR count). The van der Waals surface area contributed by atoms with Crippen molar-refractivity contribution in [3.05, 3.63) is 58.7 Å². The van der Waals surface area contributed by atoms with Crippen molar-refractivity contribution in [2.45, 2.75) is 12.3 Å². The lowest BCUT2D eigenvalue weighted by Gasteiger charge is -2.13. The van der Waals surface area contributed by atoms with Gasteiger partial charge >= 0.3 is 0 Å². The SMILES string of the molecule is CNC(=O)c1cc(C(=O)CC2[C@H]3COC[C@@H]23)cc2c1OCC2c1ccc(OCCN)cc1. The Morgan fingerprint density at radius 3 is 2.56 bits per heavy atom. The van der Waals surface area contributed by atoms with Crippen LogP contribution in [0.5, 0.6) is 11.5 Å². The summed E-state index contributed by atoms with van der Waals surface area (Å²) in [6.07, 6.45) is 0.503. The van der Waals surface area contributed by atoms with Crippen LogP contribution in [0.3, 0.4) is 0 Å². The molecule has 0 spiro atoms. The Hall–Kier alpha value is -2.90. The van der Waals surface area contributed by atoms with E-state index in [1.165, 1.54) is 0 Å². The first kappa shape index (κ1) is 21.0. The average molecular weight is 437 g/mol. The number of amides is 1. The van der Waals surface area contributed by atoms with Gasteiger partial charge in [-0.3, -0.25) is 9.59 Å². The summed E-state index contributed by atoms with van der Waals surface area (Å²) < 4.78 is 17.0. The second-order valence-corrected chi connectivity index (χ2v) is 8.75. The molecule has 7 nitrogen and oxygen atoms in total. The van der Waals surface area contributed by atoms with Gasteiger partial charge in [-0.25, -0.2) is 0 Å². The largest absolute Gasteiger partial charge is 0.492 e. The Kier molecular flexibility index (Phi) is 5.61. The zero-order valence-electron chi connectivity index (χ0n) is 18.1. The van der Waals surface area contributed by atoms with Gasteiger partial charge in [0.2, 0.25) is 0 Å². The number of hydrogen-bond donors (Lipinski definition) is 2. The molecule has 1 aliphatic carbocycles. The third-order valence-corrected chi connectivity index (χ3v) is 6.90. The molecule has 0 bridgehead atoms. The minimum Gasteiger partial charge on any atom is -0.492 e. The number of fused-ring (bicyclic) bond motifs is 2. The van der Waals surface area contributed by atoms with E-state index in [2.05, 4.69) is 5.32 Å². The Labute approximate surface area is 187 Å². The van der Waals surface area contributed by atoms with Crippen LogP contribution in [0.4, 0.5) is 0 Å². The number of carbonyl (C=O) groups is 2. The fourth-order valence-corrected chi connectivity index (χ4v) is 5.03. The Bertz CT molecular complexity index is 1030. The third kappa shape index (κ3) is 3.76. The number of Topliss-reactive ketones (excluding diaryl/α,β-unsaturated/α-hetero) is 1. The molecular formula is C25H28N2O5. The lowest BCUT2D eigenvalue weighted by atomic mass is 9.89. The van der Waals surface area contributed by atoms with E-state index in [1.807, 2.05) is 30.3 Å². The quantitative estimate of drug-likeness (QED) is 0.617. The summed E-state index contributed by atoms with van der Waals surface area (Å²) in [7, 11) is 1.58. The smallest absolute Gasteiger partial charge is 0.254 e. The first-order valence-electron chi connectivity index (χ1n) is 11.2. The fourth-order valence-electron chi connectivity index (χ4n) is 5.03. The minimum atomic E-state index is -0.251. The second kappa shape index (κ2) is 8.56. The molecule has 2 aromatic carbocycles. The molecule has 1 amide bonds. The Balaban J connectivity index is 1.43. The van der Waals surface area contributed by atoms with Gasteiger partial charge in [0.05, 0.1) is 25.4 Å². The molecule has 2 unspecified atom stereocenters. The van der Waals surface area contributed by atoms with E-state index in [-0.39, 0.29) is 17.6 Å².